The summed E-state index contributed by atoms with van der Waals surface area (Å²) in [6.45, 7) is 7.61. The number of hydrogen-bond acceptors (Lipinski definition) is 9. The van der Waals surface area contributed by atoms with Crippen LogP contribution in [0.4, 0.5) is 21.0 Å². The van der Waals surface area contributed by atoms with Crippen LogP contribution in [0, 0.1) is 10.1 Å². The number of nitrogens with one attached hydrogen (secondary N) is 2. The molecule has 1 aromatic rings. The number of ether oxygens (including phenoxy) is 2. The average Bonchev–Trinajstić information content (AvgIpc) is 2.81. The van der Waals surface area contributed by atoms with E-state index in [0.717, 1.165) is 12.1 Å². The molecule has 2 fully saturated rings. The molecule has 35 heavy (non-hydrogen) atoms. The second-order valence-electron chi connectivity index (χ2n) is 9.00. The molecule has 0 bridgehead atoms. The minimum absolute atomic E-state index is 0.158. The Hall–Kier alpha value is -3.17. The largest absolute Gasteiger partial charge is 0.444 e. The highest BCUT2D eigenvalue weighted by molar-refractivity contribution is 7.89. The molecule has 14 nitrogen and oxygen atoms in total. The fourth-order valence-corrected chi connectivity index (χ4v) is 4.40. The molecule has 0 aromatic heterocycles. The summed E-state index contributed by atoms with van der Waals surface area (Å²) in [5.74, 6) is 0. The van der Waals surface area contributed by atoms with Crippen molar-refractivity contribution in [3.8, 4) is 0 Å². The number of morpholine rings is 1. The van der Waals surface area contributed by atoms with Gasteiger partial charge in [-0.2, -0.15) is 0 Å². The number of rotatable bonds is 5. The molecule has 1 aromatic carbocycles. The lowest BCUT2D eigenvalue weighted by Crippen LogP contribution is -2.56. The summed E-state index contributed by atoms with van der Waals surface area (Å²) in [5, 5.41) is 11.4. The summed E-state index contributed by atoms with van der Waals surface area (Å²) in [6.07, 6.45) is -0.479. The molecule has 194 valence electrons. The number of benzene rings is 1. The number of amides is 3. The van der Waals surface area contributed by atoms with Gasteiger partial charge in [0.1, 0.15) is 11.3 Å². The van der Waals surface area contributed by atoms with E-state index in [0.29, 0.717) is 26.3 Å². The zero-order valence-corrected chi connectivity index (χ0v) is 20.7. The smallest absolute Gasteiger partial charge is 0.410 e. The van der Waals surface area contributed by atoms with Gasteiger partial charge in [-0.25, -0.2) is 18.0 Å². The Labute approximate surface area is 203 Å². The molecule has 2 saturated heterocycles. The van der Waals surface area contributed by atoms with Crippen LogP contribution in [0.2, 0.25) is 0 Å². The van der Waals surface area contributed by atoms with Gasteiger partial charge >= 0.3 is 12.1 Å². The maximum absolute atomic E-state index is 12.8. The molecule has 0 spiro atoms. The van der Waals surface area contributed by atoms with Crippen LogP contribution in [0.25, 0.3) is 0 Å². The number of anilines is 1. The molecule has 0 unspecified atom stereocenters. The van der Waals surface area contributed by atoms with Crippen molar-refractivity contribution in [1.82, 2.24) is 20.1 Å². The van der Waals surface area contributed by atoms with E-state index in [9.17, 15) is 28.1 Å². The van der Waals surface area contributed by atoms with E-state index in [4.69, 9.17) is 9.47 Å². The molecule has 15 heteroatoms. The predicted molar refractivity (Wildman–Crippen MR) is 124 cm³/mol. The lowest BCUT2D eigenvalue weighted by Gasteiger charge is -2.35. The van der Waals surface area contributed by atoms with Crippen molar-refractivity contribution in [2.75, 3.05) is 57.4 Å². The summed E-state index contributed by atoms with van der Waals surface area (Å²) >= 11 is 0. The highest BCUT2D eigenvalue weighted by Crippen LogP contribution is 2.31. The van der Waals surface area contributed by atoms with Gasteiger partial charge in [-0.1, -0.05) is 0 Å². The summed E-state index contributed by atoms with van der Waals surface area (Å²) in [5.41, 5.74) is 1.45. The molecule has 0 saturated carbocycles. The first-order valence-electron chi connectivity index (χ1n) is 11.0. The molecule has 3 amide bonds. The maximum atomic E-state index is 12.8. The second-order valence-corrected chi connectivity index (χ2v) is 10.7. The first kappa shape index (κ1) is 26.4. The minimum atomic E-state index is -4.22. The molecule has 0 aliphatic carbocycles. The zero-order chi connectivity index (χ0) is 25.8. The monoisotopic (exact) mass is 514 g/mol. The topological polar surface area (TPSA) is 164 Å². The standard InChI is InChI=1S/C20H30N6O8S/c1-20(2,3)34-19(28)25-8-6-24(7-9-25)18(27)21-22-35(31,32)15-4-5-16(26(29)30)17(14-15)23-10-12-33-13-11-23/h4-5,14,22H,6-13H2,1-3H3,(H,21,27). The van der Waals surface area contributed by atoms with E-state index >= 15 is 0 Å². The molecular weight excluding hydrogens is 484 g/mol. The van der Waals surface area contributed by atoms with Crippen molar-refractivity contribution in [3.63, 3.8) is 0 Å². The van der Waals surface area contributed by atoms with Gasteiger partial charge in [0.25, 0.3) is 15.7 Å². The highest BCUT2D eigenvalue weighted by atomic mass is 32.2. The number of carbonyl (C=O) groups is 2. The van der Waals surface area contributed by atoms with E-state index in [2.05, 4.69) is 5.43 Å². The van der Waals surface area contributed by atoms with E-state index in [1.807, 2.05) is 4.83 Å². The van der Waals surface area contributed by atoms with Crippen LogP contribution in [-0.2, 0) is 19.5 Å². The van der Waals surface area contributed by atoms with Gasteiger partial charge in [0, 0.05) is 45.3 Å². The number of nitro benzene ring substituents is 1. The van der Waals surface area contributed by atoms with Crippen molar-refractivity contribution < 1.29 is 32.4 Å². The molecule has 2 heterocycles. The van der Waals surface area contributed by atoms with Crippen molar-refractivity contribution in [1.29, 1.82) is 0 Å². The first-order valence-corrected chi connectivity index (χ1v) is 12.5. The third-order valence-corrected chi connectivity index (χ3v) is 6.56. The fourth-order valence-electron chi connectivity index (χ4n) is 3.55. The van der Waals surface area contributed by atoms with Crippen molar-refractivity contribution in [2.24, 2.45) is 0 Å². The number of piperazine rings is 1. The third kappa shape index (κ3) is 6.93. The van der Waals surface area contributed by atoms with Gasteiger partial charge in [-0.05, 0) is 32.9 Å². The van der Waals surface area contributed by atoms with Crippen molar-refractivity contribution in [3.05, 3.63) is 28.3 Å². The molecule has 2 N–H and O–H groups in total. The fraction of sp³-hybridized carbons (Fsp3) is 0.600. The van der Waals surface area contributed by atoms with Crippen LogP contribution in [-0.4, -0.2) is 93.3 Å². The molecule has 0 radical (unpaired) electrons. The van der Waals surface area contributed by atoms with Gasteiger partial charge < -0.3 is 24.2 Å². The van der Waals surface area contributed by atoms with Gasteiger partial charge in [0.15, 0.2) is 0 Å². The molecule has 3 rings (SSSR count). The molecule has 2 aliphatic heterocycles. The quantitative estimate of drug-likeness (QED) is 0.429. The van der Waals surface area contributed by atoms with E-state index < -0.39 is 32.7 Å². The Bertz CT molecular complexity index is 1060. The number of nitro groups is 1. The van der Waals surface area contributed by atoms with Crippen LogP contribution in [0.1, 0.15) is 20.8 Å². The van der Waals surface area contributed by atoms with Gasteiger partial charge in [0.05, 0.1) is 23.0 Å². The Balaban J connectivity index is 1.61. The summed E-state index contributed by atoms with van der Waals surface area (Å²) < 4.78 is 36.1. The summed E-state index contributed by atoms with van der Waals surface area (Å²) in [4.78, 5) is 41.8. The van der Waals surface area contributed by atoms with Crippen LogP contribution < -0.4 is 15.2 Å². The molecule has 2 aliphatic rings. The molecule has 0 atom stereocenters. The number of sulfonamides is 1. The van der Waals surface area contributed by atoms with Crippen LogP contribution in [0.3, 0.4) is 0 Å². The van der Waals surface area contributed by atoms with E-state index in [-0.39, 0.29) is 42.4 Å². The normalized spacial score (nSPS) is 17.2. The Morgan fingerprint density at radius 1 is 1.06 bits per heavy atom. The Morgan fingerprint density at radius 2 is 1.66 bits per heavy atom. The van der Waals surface area contributed by atoms with Crippen LogP contribution in [0.15, 0.2) is 23.1 Å². The van der Waals surface area contributed by atoms with Crippen molar-refractivity contribution >= 4 is 33.5 Å². The SMILES string of the molecule is CC(C)(C)OC(=O)N1CCN(C(=O)NNS(=O)(=O)c2ccc([N+](=O)[O-])c(N3CCOCC3)c2)CC1. The minimum Gasteiger partial charge on any atom is -0.444 e. The average molecular weight is 515 g/mol. The number of nitrogens with zero attached hydrogens (tertiary/aromatic N) is 4. The third-order valence-electron chi connectivity index (χ3n) is 5.32. The van der Waals surface area contributed by atoms with Crippen LogP contribution >= 0.6 is 0 Å². The summed E-state index contributed by atoms with van der Waals surface area (Å²) in [6, 6.07) is 2.75. The first-order chi connectivity index (χ1) is 16.4. The zero-order valence-electron chi connectivity index (χ0n) is 19.9. The van der Waals surface area contributed by atoms with Gasteiger partial charge in [-0.3, -0.25) is 15.5 Å². The maximum Gasteiger partial charge on any atom is 0.410 e. The van der Waals surface area contributed by atoms with Crippen LogP contribution in [0.5, 0.6) is 0 Å². The number of urea groups is 1. The highest BCUT2D eigenvalue weighted by Gasteiger charge is 2.29. The van der Waals surface area contributed by atoms with E-state index in [1.165, 1.54) is 15.9 Å². The predicted octanol–water partition coefficient (Wildman–Crippen LogP) is 0.887. The van der Waals surface area contributed by atoms with E-state index in [1.54, 1.807) is 25.7 Å². The second kappa shape index (κ2) is 10.6. The lowest BCUT2D eigenvalue weighted by atomic mass is 10.2. The van der Waals surface area contributed by atoms with Gasteiger partial charge in [0.2, 0.25) is 0 Å². The Morgan fingerprint density at radius 3 is 2.23 bits per heavy atom. The number of hydrazine groups is 1. The molecular formula is C20H30N6O8S. The van der Waals surface area contributed by atoms with Crippen molar-refractivity contribution in [2.45, 2.75) is 31.3 Å². The summed E-state index contributed by atoms with van der Waals surface area (Å²) in [7, 11) is -4.22. The Kier molecular flexibility index (Phi) is 8.02. The number of hydrogen-bond donors (Lipinski definition) is 2. The lowest BCUT2D eigenvalue weighted by molar-refractivity contribution is -0.384. The van der Waals surface area contributed by atoms with Gasteiger partial charge in [-0.15, -0.1) is 4.83 Å². The number of carbonyl (C=O) groups excluding carboxylic acids is 2.